The van der Waals surface area contributed by atoms with E-state index in [1.165, 1.54) is 24.1 Å². The fourth-order valence-electron chi connectivity index (χ4n) is 3.95. The zero-order valence-electron chi connectivity index (χ0n) is 19.9. The Morgan fingerprint density at radius 3 is 2.13 bits per heavy atom. The molecule has 1 aliphatic rings. The Labute approximate surface area is 188 Å². The minimum atomic E-state index is -0.558. The number of anilines is 1. The maximum Gasteiger partial charge on any atom is 0.261 e. The standard InChI is InChI=1S/C27H38N2O2/c1-19-15-17-29(18-16-19)24-11-7-22(8-12-24)20(2)28-26(30)21(3)31-25-13-9-23(10-14-25)27(4,5)6/h7-14,19-21H,15-18H2,1-6H3,(H,28,30)/t20-,21+/m0/s1. The highest BCUT2D eigenvalue weighted by molar-refractivity contribution is 5.81. The number of carbonyl (C=O) groups is 1. The van der Waals surface area contributed by atoms with Gasteiger partial charge in [-0.2, -0.15) is 0 Å². The first-order valence-electron chi connectivity index (χ1n) is 11.6. The summed E-state index contributed by atoms with van der Waals surface area (Å²) in [5.41, 5.74) is 3.71. The van der Waals surface area contributed by atoms with Gasteiger partial charge in [0, 0.05) is 18.8 Å². The van der Waals surface area contributed by atoms with E-state index < -0.39 is 6.10 Å². The van der Waals surface area contributed by atoms with Crippen molar-refractivity contribution in [1.29, 1.82) is 0 Å². The van der Waals surface area contributed by atoms with Gasteiger partial charge in [-0.1, -0.05) is 52.0 Å². The first-order chi connectivity index (χ1) is 14.6. The summed E-state index contributed by atoms with van der Waals surface area (Å²) in [7, 11) is 0. The predicted molar refractivity (Wildman–Crippen MR) is 129 cm³/mol. The van der Waals surface area contributed by atoms with Crippen molar-refractivity contribution in [3.8, 4) is 5.75 Å². The first-order valence-corrected chi connectivity index (χ1v) is 11.6. The topological polar surface area (TPSA) is 41.6 Å². The van der Waals surface area contributed by atoms with Gasteiger partial charge >= 0.3 is 0 Å². The third kappa shape index (κ3) is 6.25. The van der Waals surface area contributed by atoms with E-state index in [0.717, 1.165) is 24.6 Å². The summed E-state index contributed by atoms with van der Waals surface area (Å²) in [6.07, 6.45) is 1.95. The summed E-state index contributed by atoms with van der Waals surface area (Å²) >= 11 is 0. The van der Waals surface area contributed by atoms with Crippen molar-refractivity contribution in [1.82, 2.24) is 5.32 Å². The highest BCUT2D eigenvalue weighted by atomic mass is 16.5. The van der Waals surface area contributed by atoms with Crippen LogP contribution in [0, 0.1) is 5.92 Å². The Balaban J connectivity index is 1.53. The number of rotatable bonds is 6. The van der Waals surface area contributed by atoms with Crippen molar-refractivity contribution in [2.75, 3.05) is 18.0 Å². The molecule has 4 heteroatoms. The van der Waals surface area contributed by atoms with E-state index in [-0.39, 0.29) is 17.4 Å². The summed E-state index contributed by atoms with van der Waals surface area (Å²) in [6.45, 7) is 14.9. The van der Waals surface area contributed by atoms with Crippen LogP contribution in [-0.2, 0) is 10.2 Å². The monoisotopic (exact) mass is 422 g/mol. The van der Waals surface area contributed by atoms with Crippen LogP contribution in [0.4, 0.5) is 5.69 Å². The summed E-state index contributed by atoms with van der Waals surface area (Å²) in [4.78, 5) is 15.1. The molecule has 0 bridgehead atoms. The number of benzene rings is 2. The average Bonchev–Trinajstić information content (AvgIpc) is 2.74. The van der Waals surface area contributed by atoms with Crippen LogP contribution in [0.2, 0.25) is 0 Å². The lowest BCUT2D eigenvalue weighted by atomic mass is 9.87. The maximum absolute atomic E-state index is 12.7. The van der Waals surface area contributed by atoms with Gasteiger partial charge in [0.2, 0.25) is 0 Å². The van der Waals surface area contributed by atoms with E-state index >= 15 is 0 Å². The quantitative estimate of drug-likeness (QED) is 0.633. The van der Waals surface area contributed by atoms with Gasteiger partial charge in [-0.15, -0.1) is 0 Å². The second-order valence-electron chi connectivity index (χ2n) is 10.0. The molecule has 4 nitrogen and oxygen atoms in total. The van der Waals surface area contributed by atoms with E-state index in [0.29, 0.717) is 5.75 Å². The highest BCUT2D eigenvalue weighted by Crippen LogP contribution is 2.26. The van der Waals surface area contributed by atoms with Crippen LogP contribution in [-0.4, -0.2) is 25.1 Å². The molecule has 2 atom stereocenters. The van der Waals surface area contributed by atoms with Crippen LogP contribution in [0.5, 0.6) is 5.75 Å². The fourth-order valence-corrected chi connectivity index (χ4v) is 3.95. The minimum Gasteiger partial charge on any atom is -0.481 e. The second kappa shape index (κ2) is 9.76. The molecule has 31 heavy (non-hydrogen) atoms. The summed E-state index contributed by atoms with van der Waals surface area (Å²) in [6, 6.07) is 16.5. The summed E-state index contributed by atoms with van der Waals surface area (Å²) in [5, 5.41) is 3.08. The molecule has 1 fully saturated rings. The molecule has 1 N–H and O–H groups in total. The molecule has 0 spiro atoms. The van der Waals surface area contributed by atoms with Crippen LogP contribution in [0.3, 0.4) is 0 Å². The lowest BCUT2D eigenvalue weighted by molar-refractivity contribution is -0.127. The number of piperidine rings is 1. The molecule has 0 aromatic heterocycles. The summed E-state index contributed by atoms with van der Waals surface area (Å²) < 4.78 is 5.87. The van der Waals surface area contributed by atoms with Crippen molar-refractivity contribution in [3.05, 3.63) is 59.7 Å². The number of hydrogen-bond donors (Lipinski definition) is 1. The molecule has 1 amide bonds. The minimum absolute atomic E-state index is 0.0720. The van der Waals surface area contributed by atoms with E-state index in [2.05, 4.69) is 74.3 Å². The van der Waals surface area contributed by atoms with Gasteiger partial charge in [-0.25, -0.2) is 0 Å². The number of carbonyl (C=O) groups excluding carboxylic acids is 1. The molecular weight excluding hydrogens is 384 g/mol. The van der Waals surface area contributed by atoms with Crippen LogP contribution in [0.1, 0.15) is 71.6 Å². The number of hydrogen-bond acceptors (Lipinski definition) is 3. The van der Waals surface area contributed by atoms with Crippen LogP contribution in [0.25, 0.3) is 0 Å². The number of ether oxygens (including phenoxy) is 1. The fraction of sp³-hybridized carbons (Fsp3) is 0.519. The smallest absolute Gasteiger partial charge is 0.261 e. The number of amides is 1. The third-order valence-corrected chi connectivity index (χ3v) is 6.30. The Hall–Kier alpha value is -2.49. The molecular formula is C27H38N2O2. The molecule has 168 valence electrons. The molecule has 0 radical (unpaired) electrons. The predicted octanol–water partition coefficient (Wildman–Crippen LogP) is 5.87. The Morgan fingerprint density at radius 2 is 1.58 bits per heavy atom. The van der Waals surface area contributed by atoms with Gasteiger partial charge in [0.05, 0.1) is 6.04 Å². The van der Waals surface area contributed by atoms with E-state index in [1.54, 1.807) is 6.92 Å². The third-order valence-electron chi connectivity index (χ3n) is 6.30. The van der Waals surface area contributed by atoms with Gasteiger partial charge in [0.1, 0.15) is 5.75 Å². The van der Waals surface area contributed by atoms with Gasteiger partial charge in [-0.05, 0) is 73.4 Å². The van der Waals surface area contributed by atoms with E-state index in [1.807, 2.05) is 19.1 Å². The van der Waals surface area contributed by atoms with Gasteiger partial charge in [-0.3, -0.25) is 4.79 Å². The largest absolute Gasteiger partial charge is 0.481 e. The molecule has 0 saturated carbocycles. The van der Waals surface area contributed by atoms with Crippen molar-refractivity contribution in [3.63, 3.8) is 0 Å². The molecule has 1 heterocycles. The van der Waals surface area contributed by atoms with Gasteiger partial charge < -0.3 is 15.0 Å². The lowest BCUT2D eigenvalue weighted by Crippen LogP contribution is -2.37. The van der Waals surface area contributed by atoms with Crippen molar-refractivity contribution >= 4 is 11.6 Å². The van der Waals surface area contributed by atoms with Gasteiger partial charge in [0.25, 0.3) is 5.91 Å². The SMILES string of the molecule is CC1CCN(c2ccc([C@H](C)NC(=O)[C@@H](C)Oc3ccc(C(C)(C)C)cc3)cc2)CC1. The van der Waals surface area contributed by atoms with Crippen LogP contribution in [0.15, 0.2) is 48.5 Å². The van der Waals surface area contributed by atoms with Gasteiger partial charge in [0.15, 0.2) is 6.10 Å². The van der Waals surface area contributed by atoms with E-state index in [9.17, 15) is 4.79 Å². The molecule has 0 aliphatic carbocycles. The Kier molecular flexibility index (Phi) is 7.30. The van der Waals surface area contributed by atoms with Crippen molar-refractivity contribution < 1.29 is 9.53 Å². The number of nitrogens with zero attached hydrogens (tertiary/aromatic N) is 1. The maximum atomic E-state index is 12.7. The molecule has 3 rings (SSSR count). The highest BCUT2D eigenvalue weighted by Gasteiger charge is 2.20. The summed E-state index contributed by atoms with van der Waals surface area (Å²) in [5.74, 6) is 1.43. The zero-order valence-corrected chi connectivity index (χ0v) is 19.9. The molecule has 1 aliphatic heterocycles. The van der Waals surface area contributed by atoms with E-state index in [4.69, 9.17) is 4.74 Å². The lowest BCUT2D eigenvalue weighted by Gasteiger charge is -2.32. The average molecular weight is 423 g/mol. The van der Waals surface area contributed by atoms with Crippen molar-refractivity contribution in [2.24, 2.45) is 5.92 Å². The van der Waals surface area contributed by atoms with Crippen LogP contribution >= 0.6 is 0 Å². The van der Waals surface area contributed by atoms with Crippen LogP contribution < -0.4 is 15.0 Å². The second-order valence-corrected chi connectivity index (χ2v) is 10.0. The molecule has 1 saturated heterocycles. The number of nitrogens with one attached hydrogen (secondary N) is 1. The normalized spacial score (nSPS) is 17.2. The molecule has 2 aromatic carbocycles. The first kappa shape index (κ1) is 23.2. The van der Waals surface area contributed by atoms with Crippen molar-refractivity contribution in [2.45, 2.75) is 71.9 Å². The zero-order chi connectivity index (χ0) is 22.6. The molecule has 2 aromatic rings. The molecule has 0 unspecified atom stereocenters. The Morgan fingerprint density at radius 1 is 1.00 bits per heavy atom. The Bertz CT molecular complexity index is 844.